The normalized spacial score (nSPS) is 11.1. The number of ether oxygens (including phenoxy) is 3. The van der Waals surface area contributed by atoms with E-state index in [0.29, 0.717) is 52.4 Å². The molecule has 0 unspecified atom stereocenters. The lowest BCUT2D eigenvalue weighted by molar-refractivity contribution is 0.102. The van der Waals surface area contributed by atoms with Gasteiger partial charge < -0.3 is 24.1 Å². The second kappa shape index (κ2) is 12.9. The molecule has 0 aliphatic carbocycles. The molecule has 0 saturated heterocycles. The van der Waals surface area contributed by atoms with Crippen LogP contribution in [0.2, 0.25) is 0 Å². The van der Waals surface area contributed by atoms with E-state index >= 15 is 0 Å². The standard InChI is InChI=1S/C33H30F2N4O5.H2/c1-19(2)10-12-39-17-24(22-7-5-20(34)13-26(22)35)32(40)25(18-39)33(41)38-31-8-6-21(16-37-31)44-28-9-11-36-27-15-30(43-4)29(42-3)14-23(27)28;/h5-9,11,13-19H,10,12H2,1-4H3,(H,37,38,41);1H. The van der Waals surface area contributed by atoms with Crippen molar-refractivity contribution in [3.63, 3.8) is 0 Å². The number of carbonyl (C=O) groups excluding carboxylic acids is 1. The molecule has 0 spiro atoms. The van der Waals surface area contributed by atoms with Crippen LogP contribution in [0.5, 0.6) is 23.0 Å². The number of anilines is 1. The Morgan fingerprint density at radius 2 is 1.73 bits per heavy atom. The summed E-state index contributed by atoms with van der Waals surface area (Å²) in [5.74, 6) is 0.0617. The van der Waals surface area contributed by atoms with Crippen LogP contribution in [0, 0.1) is 17.6 Å². The summed E-state index contributed by atoms with van der Waals surface area (Å²) in [5, 5.41) is 3.32. The van der Waals surface area contributed by atoms with Gasteiger partial charge in [0.1, 0.15) is 34.5 Å². The summed E-state index contributed by atoms with van der Waals surface area (Å²) < 4.78 is 46.7. The van der Waals surface area contributed by atoms with Crippen molar-refractivity contribution >= 4 is 22.6 Å². The Hall–Kier alpha value is -5.32. The number of hydrogen-bond donors (Lipinski definition) is 1. The van der Waals surface area contributed by atoms with E-state index < -0.39 is 23.0 Å². The Bertz CT molecular complexity index is 1900. The van der Waals surface area contributed by atoms with Crippen molar-refractivity contribution in [2.45, 2.75) is 26.8 Å². The van der Waals surface area contributed by atoms with Crippen molar-refractivity contribution in [3.8, 4) is 34.1 Å². The van der Waals surface area contributed by atoms with Crippen LogP contribution in [0.15, 0.2) is 78.1 Å². The molecule has 3 heterocycles. The van der Waals surface area contributed by atoms with Crippen molar-refractivity contribution in [1.82, 2.24) is 14.5 Å². The van der Waals surface area contributed by atoms with Gasteiger partial charge in [-0.25, -0.2) is 13.8 Å². The zero-order chi connectivity index (χ0) is 31.4. The van der Waals surface area contributed by atoms with Crippen LogP contribution in [0.4, 0.5) is 14.6 Å². The van der Waals surface area contributed by atoms with Crippen LogP contribution < -0.4 is 25.0 Å². The Kier molecular flexibility index (Phi) is 8.84. The summed E-state index contributed by atoms with van der Waals surface area (Å²) in [6.07, 6.45) is 6.70. The number of benzene rings is 2. The number of nitrogens with zero attached hydrogens (tertiary/aromatic N) is 3. The fraction of sp³-hybridized carbons (Fsp3) is 0.212. The topological polar surface area (TPSA) is 105 Å². The minimum Gasteiger partial charge on any atom is -0.493 e. The van der Waals surface area contributed by atoms with E-state index in [9.17, 15) is 18.4 Å². The van der Waals surface area contributed by atoms with Crippen molar-refractivity contribution in [2.75, 3.05) is 19.5 Å². The smallest absolute Gasteiger partial charge is 0.262 e. The van der Waals surface area contributed by atoms with E-state index in [-0.39, 0.29) is 23.9 Å². The number of fused-ring (bicyclic) bond motifs is 1. The summed E-state index contributed by atoms with van der Waals surface area (Å²) >= 11 is 0. The first kappa shape index (κ1) is 30.1. The predicted molar refractivity (Wildman–Crippen MR) is 165 cm³/mol. The van der Waals surface area contributed by atoms with Gasteiger partial charge in [-0.3, -0.25) is 14.6 Å². The Balaban J connectivity index is 0.00000461. The number of nitrogens with one attached hydrogen (secondary N) is 1. The zero-order valence-corrected chi connectivity index (χ0v) is 24.6. The maximum atomic E-state index is 14.7. The van der Waals surface area contributed by atoms with E-state index in [4.69, 9.17) is 14.2 Å². The van der Waals surface area contributed by atoms with Gasteiger partial charge in [-0.2, -0.15) is 0 Å². The van der Waals surface area contributed by atoms with Crippen molar-refractivity contribution in [1.29, 1.82) is 0 Å². The van der Waals surface area contributed by atoms with E-state index in [2.05, 4.69) is 15.3 Å². The first-order chi connectivity index (χ1) is 21.2. The van der Waals surface area contributed by atoms with Crippen LogP contribution in [-0.4, -0.2) is 34.7 Å². The summed E-state index contributed by atoms with van der Waals surface area (Å²) in [4.78, 5) is 35.3. The third-order valence-corrected chi connectivity index (χ3v) is 6.92. The van der Waals surface area contributed by atoms with Crippen LogP contribution in [0.25, 0.3) is 22.0 Å². The molecule has 0 bridgehead atoms. The van der Waals surface area contributed by atoms with E-state index in [1.54, 1.807) is 42.1 Å². The maximum Gasteiger partial charge on any atom is 0.262 e. The van der Waals surface area contributed by atoms with Crippen LogP contribution in [0.3, 0.4) is 0 Å². The van der Waals surface area contributed by atoms with E-state index in [0.717, 1.165) is 12.5 Å². The summed E-state index contributed by atoms with van der Waals surface area (Å²) in [6.45, 7) is 4.57. The highest BCUT2D eigenvalue weighted by Crippen LogP contribution is 2.36. The van der Waals surface area contributed by atoms with Crippen molar-refractivity contribution in [2.24, 2.45) is 5.92 Å². The highest BCUT2D eigenvalue weighted by atomic mass is 19.1. The fourth-order valence-electron chi connectivity index (χ4n) is 4.59. The number of amides is 1. The molecule has 0 saturated carbocycles. The molecule has 1 N–H and O–H groups in total. The molecule has 0 radical (unpaired) electrons. The SMILES string of the molecule is COc1cc2nccc(Oc3ccc(NC(=O)c4cn(CCC(C)C)cc(-c5ccc(F)cc5F)c4=O)nc3)c2cc1OC.[HH]. The number of rotatable bonds is 10. The van der Waals surface area contributed by atoms with Gasteiger partial charge in [-0.05, 0) is 48.7 Å². The number of carbonyl (C=O) groups is 1. The molecule has 0 aliphatic rings. The average molecular weight is 603 g/mol. The van der Waals surface area contributed by atoms with Crippen molar-refractivity contribution < 1.29 is 29.2 Å². The molecule has 5 aromatic rings. The average Bonchev–Trinajstić information content (AvgIpc) is 3.01. The van der Waals surface area contributed by atoms with Gasteiger partial charge in [0, 0.05) is 55.2 Å². The minimum atomic E-state index is -0.896. The third-order valence-electron chi connectivity index (χ3n) is 6.92. The highest BCUT2D eigenvalue weighted by Gasteiger charge is 2.19. The predicted octanol–water partition coefficient (Wildman–Crippen LogP) is 7.09. The van der Waals surface area contributed by atoms with Crippen LogP contribution in [0.1, 0.15) is 32.1 Å². The second-order valence-electron chi connectivity index (χ2n) is 10.4. The van der Waals surface area contributed by atoms with Crippen LogP contribution >= 0.6 is 0 Å². The van der Waals surface area contributed by atoms with E-state index in [1.165, 1.54) is 37.8 Å². The van der Waals surface area contributed by atoms with Gasteiger partial charge in [-0.1, -0.05) is 13.8 Å². The number of pyridine rings is 3. The van der Waals surface area contributed by atoms with Gasteiger partial charge in [0.2, 0.25) is 5.43 Å². The Morgan fingerprint density at radius 3 is 2.41 bits per heavy atom. The van der Waals surface area contributed by atoms with Gasteiger partial charge in [0.15, 0.2) is 11.5 Å². The lowest BCUT2D eigenvalue weighted by atomic mass is 10.0. The molecule has 0 atom stereocenters. The molecule has 5 rings (SSSR count). The molecular formula is C33H32F2N4O5. The molecule has 1 amide bonds. The number of methoxy groups -OCH3 is 2. The number of halogens is 2. The van der Waals surface area contributed by atoms with Crippen LogP contribution in [-0.2, 0) is 6.54 Å². The number of aromatic nitrogens is 3. The number of hydrogen-bond acceptors (Lipinski definition) is 7. The molecule has 0 fully saturated rings. The van der Waals surface area contributed by atoms with E-state index in [1.807, 2.05) is 13.8 Å². The number of aryl methyl sites for hydroxylation is 1. The minimum absolute atomic E-state index is 0. The van der Waals surface area contributed by atoms with Gasteiger partial charge in [0.05, 0.1) is 25.9 Å². The fourth-order valence-corrected chi connectivity index (χ4v) is 4.59. The largest absolute Gasteiger partial charge is 0.493 e. The molecule has 44 heavy (non-hydrogen) atoms. The quantitative estimate of drug-likeness (QED) is 0.182. The van der Waals surface area contributed by atoms with Gasteiger partial charge in [-0.15, -0.1) is 0 Å². The molecule has 2 aromatic carbocycles. The Morgan fingerprint density at radius 1 is 0.955 bits per heavy atom. The molecule has 0 aliphatic heterocycles. The molecule has 11 heteroatoms. The van der Waals surface area contributed by atoms with Crippen molar-refractivity contribution in [3.05, 3.63) is 101 Å². The maximum absolute atomic E-state index is 14.7. The zero-order valence-electron chi connectivity index (χ0n) is 24.6. The lowest BCUT2D eigenvalue weighted by Crippen LogP contribution is -2.25. The third kappa shape index (κ3) is 6.51. The first-order valence-electron chi connectivity index (χ1n) is 13.8. The monoisotopic (exact) mass is 602 g/mol. The molecule has 3 aromatic heterocycles. The molecule has 9 nitrogen and oxygen atoms in total. The van der Waals surface area contributed by atoms with Gasteiger partial charge in [0.25, 0.3) is 5.91 Å². The highest BCUT2D eigenvalue weighted by molar-refractivity contribution is 6.04. The summed E-state index contributed by atoms with van der Waals surface area (Å²) in [6, 6.07) is 11.3. The Labute approximate surface area is 253 Å². The second-order valence-corrected chi connectivity index (χ2v) is 10.4. The summed E-state index contributed by atoms with van der Waals surface area (Å²) in [5.41, 5.74) is -0.396. The summed E-state index contributed by atoms with van der Waals surface area (Å²) in [7, 11) is 3.08. The molecular weight excluding hydrogens is 570 g/mol. The first-order valence-corrected chi connectivity index (χ1v) is 13.8. The van der Waals surface area contributed by atoms with Gasteiger partial charge >= 0.3 is 0 Å². The lowest BCUT2D eigenvalue weighted by Gasteiger charge is -2.14. The molecule has 228 valence electrons.